The average Bonchev–Trinajstić information content (AvgIpc) is 2.43. The van der Waals surface area contributed by atoms with Crippen molar-refractivity contribution >= 4 is 17.7 Å². The predicted molar refractivity (Wildman–Crippen MR) is 77.0 cm³/mol. The summed E-state index contributed by atoms with van der Waals surface area (Å²) in [6, 6.07) is -0.530. The van der Waals surface area contributed by atoms with Gasteiger partial charge < -0.3 is 10.5 Å². The van der Waals surface area contributed by atoms with Crippen molar-refractivity contribution < 1.29 is 19.1 Å². The van der Waals surface area contributed by atoms with Gasteiger partial charge in [-0.05, 0) is 12.8 Å². The van der Waals surface area contributed by atoms with Crippen LogP contribution >= 0.6 is 0 Å². The Hall–Kier alpha value is -1.23. The third-order valence-corrected chi connectivity index (χ3v) is 3.14. The van der Waals surface area contributed by atoms with Crippen molar-refractivity contribution in [2.75, 3.05) is 0 Å². The fourth-order valence-electron chi connectivity index (χ4n) is 1.74. The molecule has 0 aliphatic carbocycles. The zero-order chi connectivity index (χ0) is 15.4. The Kier molecular flexibility index (Phi) is 10.9. The lowest BCUT2D eigenvalue weighted by molar-refractivity contribution is -0.160. The van der Waals surface area contributed by atoms with Gasteiger partial charge in [0.05, 0.1) is 12.5 Å². The summed E-state index contributed by atoms with van der Waals surface area (Å²) >= 11 is 0. The number of hydrogen-bond acceptors (Lipinski definition) is 5. The van der Waals surface area contributed by atoms with Gasteiger partial charge in [0.25, 0.3) is 0 Å². The van der Waals surface area contributed by atoms with Gasteiger partial charge in [0.15, 0.2) is 0 Å². The molecule has 0 aliphatic rings. The molecule has 1 unspecified atom stereocenters. The third kappa shape index (κ3) is 9.67. The monoisotopic (exact) mass is 285 g/mol. The summed E-state index contributed by atoms with van der Waals surface area (Å²) < 4.78 is 4.65. The zero-order valence-corrected chi connectivity index (χ0v) is 12.7. The first-order chi connectivity index (χ1) is 9.51. The van der Waals surface area contributed by atoms with E-state index in [0.717, 1.165) is 32.1 Å². The smallest absolute Gasteiger partial charge is 0.313 e. The first kappa shape index (κ1) is 18.8. The maximum absolute atomic E-state index is 11.4. The highest BCUT2D eigenvalue weighted by Crippen LogP contribution is 2.06. The van der Waals surface area contributed by atoms with Gasteiger partial charge in [-0.25, -0.2) is 0 Å². The van der Waals surface area contributed by atoms with Gasteiger partial charge in [-0.15, -0.1) is 0 Å². The number of carbonyl (C=O) groups is 3. The van der Waals surface area contributed by atoms with Crippen LogP contribution in [-0.2, 0) is 19.1 Å². The number of nitrogens with two attached hydrogens (primary N) is 1. The molecule has 0 fully saturated rings. The zero-order valence-electron chi connectivity index (χ0n) is 12.7. The summed E-state index contributed by atoms with van der Waals surface area (Å²) in [6.07, 6.45) is 5.90. The van der Waals surface area contributed by atoms with E-state index in [1.54, 1.807) is 0 Å². The lowest BCUT2D eigenvalue weighted by Gasteiger charge is -2.07. The topological polar surface area (TPSA) is 86.5 Å². The molecule has 116 valence electrons. The minimum absolute atomic E-state index is 0.0393. The molecule has 0 rings (SSSR count). The maximum Gasteiger partial charge on any atom is 0.313 e. The fraction of sp³-hybridized carbons (Fsp3) is 0.800. The second-order valence-electron chi connectivity index (χ2n) is 4.99. The van der Waals surface area contributed by atoms with E-state index in [-0.39, 0.29) is 25.0 Å². The number of carbonyl (C=O) groups excluding carboxylic acids is 3. The molecule has 5 nitrogen and oxygen atoms in total. The van der Waals surface area contributed by atoms with Crippen LogP contribution in [0, 0.1) is 0 Å². The Morgan fingerprint density at radius 1 is 0.900 bits per heavy atom. The highest BCUT2D eigenvalue weighted by molar-refractivity contribution is 5.90. The molecule has 20 heavy (non-hydrogen) atoms. The Bertz CT molecular complexity index is 315. The molecule has 0 aromatic rings. The number of unbranched alkanes of at least 4 members (excludes halogenated alkanes) is 4. The molecule has 1 atom stereocenters. The van der Waals surface area contributed by atoms with Crippen LogP contribution in [0.5, 0.6) is 0 Å². The summed E-state index contributed by atoms with van der Waals surface area (Å²) in [5.41, 5.74) is 5.54. The molecule has 0 aromatic heterocycles. The highest BCUT2D eigenvalue weighted by atomic mass is 16.6. The van der Waals surface area contributed by atoms with Gasteiger partial charge in [0.2, 0.25) is 0 Å². The Morgan fingerprint density at radius 3 is 2.10 bits per heavy atom. The standard InChI is InChI=1S/C15H27NO4/c1-3-5-6-7-8-9-14(18)20-15(19)11-10-13(17)12(16)4-2/h12H,3-11,16H2,1-2H3. The Morgan fingerprint density at radius 2 is 1.50 bits per heavy atom. The van der Waals surface area contributed by atoms with Crippen LogP contribution in [0.2, 0.25) is 0 Å². The van der Waals surface area contributed by atoms with E-state index in [4.69, 9.17) is 5.73 Å². The van der Waals surface area contributed by atoms with Crippen molar-refractivity contribution in [3.05, 3.63) is 0 Å². The van der Waals surface area contributed by atoms with Gasteiger partial charge in [-0.3, -0.25) is 14.4 Å². The van der Waals surface area contributed by atoms with E-state index in [0.29, 0.717) is 6.42 Å². The molecular formula is C15H27NO4. The van der Waals surface area contributed by atoms with Crippen molar-refractivity contribution in [2.45, 2.75) is 77.7 Å². The number of ether oxygens (including phenoxy) is 1. The van der Waals surface area contributed by atoms with Crippen LogP contribution in [0.3, 0.4) is 0 Å². The van der Waals surface area contributed by atoms with Gasteiger partial charge in [-0.1, -0.05) is 39.5 Å². The van der Waals surface area contributed by atoms with E-state index in [9.17, 15) is 14.4 Å². The molecule has 0 saturated carbocycles. The third-order valence-electron chi connectivity index (χ3n) is 3.14. The minimum atomic E-state index is -0.639. The molecule has 0 aliphatic heterocycles. The number of Topliss-reactive ketones (excluding diaryl/α,β-unsaturated/α-hetero) is 1. The summed E-state index contributed by atoms with van der Waals surface area (Å²) in [5, 5.41) is 0. The lowest BCUT2D eigenvalue weighted by Crippen LogP contribution is -2.30. The van der Waals surface area contributed by atoms with E-state index in [1.165, 1.54) is 0 Å². The van der Waals surface area contributed by atoms with Gasteiger partial charge in [0.1, 0.15) is 5.78 Å². The SMILES string of the molecule is CCCCCCCC(=O)OC(=O)CCC(=O)C(N)CC. The Labute approximate surface area is 121 Å². The second-order valence-corrected chi connectivity index (χ2v) is 4.99. The molecule has 0 heterocycles. The van der Waals surface area contributed by atoms with Crippen molar-refractivity contribution in [1.82, 2.24) is 0 Å². The van der Waals surface area contributed by atoms with Crippen LogP contribution in [-0.4, -0.2) is 23.8 Å². The summed E-state index contributed by atoms with van der Waals surface area (Å²) in [5.74, 6) is -1.31. The second kappa shape index (κ2) is 11.6. The number of rotatable bonds is 11. The summed E-state index contributed by atoms with van der Waals surface area (Å²) in [6.45, 7) is 3.93. The highest BCUT2D eigenvalue weighted by Gasteiger charge is 2.15. The first-order valence-corrected chi connectivity index (χ1v) is 7.53. The van der Waals surface area contributed by atoms with Crippen molar-refractivity contribution in [1.29, 1.82) is 0 Å². The molecule has 0 spiro atoms. The van der Waals surface area contributed by atoms with E-state index in [2.05, 4.69) is 11.7 Å². The lowest BCUT2D eigenvalue weighted by atomic mass is 10.1. The van der Waals surface area contributed by atoms with Crippen molar-refractivity contribution in [3.63, 3.8) is 0 Å². The first-order valence-electron chi connectivity index (χ1n) is 7.53. The normalized spacial score (nSPS) is 11.9. The van der Waals surface area contributed by atoms with Crippen molar-refractivity contribution in [3.8, 4) is 0 Å². The minimum Gasteiger partial charge on any atom is -0.393 e. The summed E-state index contributed by atoms with van der Waals surface area (Å²) in [7, 11) is 0. The largest absolute Gasteiger partial charge is 0.393 e. The van der Waals surface area contributed by atoms with Crippen LogP contribution in [0.4, 0.5) is 0 Å². The van der Waals surface area contributed by atoms with Crippen LogP contribution < -0.4 is 5.73 Å². The van der Waals surface area contributed by atoms with E-state index >= 15 is 0 Å². The number of hydrogen-bond donors (Lipinski definition) is 1. The number of esters is 2. The predicted octanol–water partition coefficient (Wildman–Crippen LogP) is 2.50. The van der Waals surface area contributed by atoms with Gasteiger partial charge >= 0.3 is 11.9 Å². The average molecular weight is 285 g/mol. The van der Waals surface area contributed by atoms with Crippen LogP contribution in [0.25, 0.3) is 0 Å². The molecule has 0 amide bonds. The quantitative estimate of drug-likeness (QED) is 0.358. The van der Waals surface area contributed by atoms with E-state index in [1.807, 2.05) is 6.92 Å². The van der Waals surface area contributed by atoms with Crippen molar-refractivity contribution in [2.24, 2.45) is 5.73 Å². The van der Waals surface area contributed by atoms with Gasteiger partial charge in [0, 0.05) is 12.8 Å². The Balaban J connectivity index is 3.69. The maximum atomic E-state index is 11.4. The molecular weight excluding hydrogens is 258 g/mol. The van der Waals surface area contributed by atoms with Crippen LogP contribution in [0.1, 0.15) is 71.6 Å². The van der Waals surface area contributed by atoms with Crippen LogP contribution in [0.15, 0.2) is 0 Å². The molecule has 0 radical (unpaired) electrons. The molecule has 2 N–H and O–H groups in total. The summed E-state index contributed by atoms with van der Waals surface area (Å²) in [4.78, 5) is 34.2. The molecule has 5 heteroatoms. The molecule has 0 bridgehead atoms. The fourth-order valence-corrected chi connectivity index (χ4v) is 1.74. The molecule has 0 saturated heterocycles. The van der Waals surface area contributed by atoms with E-state index < -0.39 is 18.0 Å². The molecule has 0 aromatic carbocycles. The van der Waals surface area contributed by atoms with Gasteiger partial charge in [-0.2, -0.15) is 0 Å². The number of ketones is 1.